The minimum atomic E-state index is -0.721. The van der Waals surface area contributed by atoms with Crippen LogP contribution >= 0.6 is 0 Å². The lowest BCUT2D eigenvalue weighted by molar-refractivity contribution is -0.155. The highest BCUT2D eigenvalue weighted by Gasteiger charge is 2.43. The van der Waals surface area contributed by atoms with Gasteiger partial charge in [-0.1, -0.05) is 13.8 Å². The molecule has 1 unspecified atom stereocenters. The summed E-state index contributed by atoms with van der Waals surface area (Å²) in [6, 6.07) is 0. The van der Waals surface area contributed by atoms with Gasteiger partial charge in [-0.2, -0.15) is 0 Å². The Morgan fingerprint density at radius 3 is 2.07 bits per heavy atom. The molecule has 1 aliphatic rings. The van der Waals surface area contributed by atoms with Crippen molar-refractivity contribution >= 4 is 5.97 Å². The van der Waals surface area contributed by atoms with E-state index in [0.29, 0.717) is 0 Å². The smallest absolute Gasteiger partial charge is 0.324 e. The van der Waals surface area contributed by atoms with Crippen LogP contribution in [0.15, 0.2) is 0 Å². The third-order valence-electron chi connectivity index (χ3n) is 3.72. The topological polar surface area (TPSA) is 43.8 Å². The van der Waals surface area contributed by atoms with Gasteiger partial charge in [0.1, 0.15) is 5.54 Å². The van der Waals surface area contributed by atoms with Crippen molar-refractivity contribution in [2.75, 3.05) is 33.2 Å². The molecule has 0 aromatic rings. The summed E-state index contributed by atoms with van der Waals surface area (Å²) in [7, 11) is 2.07. The second kappa shape index (κ2) is 4.49. The van der Waals surface area contributed by atoms with Crippen LogP contribution in [0.25, 0.3) is 0 Å². The lowest BCUT2D eigenvalue weighted by atomic mass is 9.86. The third-order valence-corrected chi connectivity index (χ3v) is 3.72. The summed E-state index contributed by atoms with van der Waals surface area (Å²) < 4.78 is 0. The van der Waals surface area contributed by atoms with Crippen LogP contribution < -0.4 is 0 Å². The Hall–Kier alpha value is -0.610. The Morgan fingerprint density at radius 2 is 1.73 bits per heavy atom. The Bertz CT molecular complexity index is 235. The van der Waals surface area contributed by atoms with Crippen molar-refractivity contribution in [3.63, 3.8) is 0 Å². The number of carboxylic acids is 1. The summed E-state index contributed by atoms with van der Waals surface area (Å²) in [5.74, 6) is -0.583. The summed E-state index contributed by atoms with van der Waals surface area (Å²) in [5.41, 5.74) is -0.721. The first-order chi connectivity index (χ1) is 6.89. The van der Waals surface area contributed by atoms with E-state index in [1.165, 1.54) is 0 Å². The zero-order valence-electron chi connectivity index (χ0n) is 10.2. The van der Waals surface area contributed by atoms with Gasteiger partial charge in [0.25, 0.3) is 0 Å². The molecule has 0 spiro atoms. The average molecular weight is 214 g/mol. The maximum Gasteiger partial charge on any atom is 0.324 e. The van der Waals surface area contributed by atoms with Crippen LogP contribution in [-0.4, -0.2) is 59.6 Å². The molecule has 0 radical (unpaired) electrons. The van der Waals surface area contributed by atoms with Crippen LogP contribution in [0.5, 0.6) is 0 Å². The SMILES string of the molecule is CC(C)C(C)(C(=O)O)N1CCN(C)CC1. The molecule has 0 saturated carbocycles. The second-order valence-corrected chi connectivity index (χ2v) is 4.90. The summed E-state index contributed by atoms with van der Waals surface area (Å²) in [5, 5.41) is 9.37. The van der Waals surface area contributed by atoms with Gasteiger partial charge in [-0.25, -0.2) is 0 Å². The van der Waals surface area contributed by atoms with E-state index in [2.05, 4.69) is 16.8 Å². The van der Waals surface area contributed by atoms with E-state index in [4.69, 9.17) is 0 Å². The first kappa shape index (κ1) is 12.5. The molecule has 0 aromatic heterocycles. The Morgan fingerprint density at radius 1 is 1.27 bits per heavy atom. The molecule has 0 amide bonds. The minimum absolute atomic E-state index is 0.124. The van der Waals surface area contributed by atoms with Crippen molar-refractivity contribution in [1.29, 1.82) is 0 Å². The molecule has 4 nitrogen and oxygen atoms in total. The molecule has 0 aliphatic carbocycles. The fourth-order valence-electron chi connectivity index (χ4n) is 2.02. The zero-order chi connectivity index (χ0) is 11.6. The van der Waals surface area contributed by atoms with Gasteiger partial charge >= 0.3 is 5.97 Å². The summed E-state index contributed by atoms with van der Waals surface area (Å²) in [4.78, 5) is 15.7. The Kier molecular flexibility index (Phi) is 3.73. The monoisotopic (exact) mass is 214 g/mol. The predicted octanol–water partition coefficient (Wildman–Crippen LogP) is 0.733. The van der Waals surface area contributed by atoms with Crippen LogP contribution in [0.2, 0.25) is 0 Å². The lowest BCUT2D eigenvalue weighted by Gasteiger charge is -2.44. The standard InChI is InChI=1S/C11H22N2O2/c1-9(2)11(3,10(14)15)13-7-5-12(4)6-8-13/h9H,5-8H2,1-4H3,(H,14,15). The summed E-state index contributed by atoms with van der Waals surface area (Å²) in [6.45, 7) is 9.39. The Labute approximate surface area is 91.9 Å². The number of piperazine rings is 1. The predicted molar refractivity (Wildman–Crippen MR) is 59.9 cm³/mol. The van der Waals surface area contributed by atoms with Gasteiger partial charge in [-0.15, -0.1) is 0 Å². The van der Waals surface area contributed by atoms with Gasteiger partial charge in [0.05, 0.1) is 0 Å². The van der Waals surface area contributed by atoms with Crippen LogP contribution in [-0.2, 0) is 4.79 Å². The number of likely N-dealkylation sites (N-methyl/N-ethyl adjacent to an activating group) is 1. The van der Waals surface area contributed by atoms with Crippen molar-refractivity contribution < 1.29 is 9.90 Å². The fourth-order valence-corrected chi connectivity index (χ4v) is 2.02. The van der Waals surface area contributed by atoms with Crippen molar-refractivity contribution in [2.24, 2.45) is 5.92 Å². The molecule has 0 bridgehead atoms. The van der Waals surface area contributed by atoms with Gasteiger partial charge in [0.2, 0.25) is 0 Å². The molecule has 1 aliphatic heterocycles. The van der Waals surface area contributed by atoms with Crippen LogP contribution in [0.3, 0.4) is 0 Å². The number of hydrogen-bond acceptors (Lipinski definition) is 3. The van der Waals surface area contributed by atoms with Crippen LogP contribution in [0.1, 0.15) is 20.8 Å². The second-order valence-electron chi connectivity index (χ2n) is 4.90. The summed E-state index contributed by atoms with van der Waals surface area (Å²) in [6.07, 6.45) is 0. The van der Waals surface area contributed by atoms with E-state index in [1.54, 1.807) is 0 Å². The molecule has 1 saturated heterocycles. The van der Waals surface area contributed by atoms with Crippen molar-refractivity contribution in [3.8, 4) is 0 Å². The number of carboxylic acid groups (broad SMARTS) is 1. The molecular weight excluding hydrogens is 192 g/mol. The zero-order valence-corrected chi connectivity index (χ0v) is 10.2. The first-order valence-corrected chi connectivity index (χ1v) is 5.56. The summed E-state index contributed by atoms with van der Waals surface area (Å²) >= 11 is 0. The normalized spacial score (nSPS) is 24.1. The highest BCUT2D eigenvalue weighted by molar-refractivity contribution is 5.78. The van der Waals surface area contributed by atoms with E-state index in [-0.39, 0.29) is 5.92 Å². The largest absolute Gasteiger partial charge is 0.480 e. The number of aliphatic carboxylic acids is 1. The average Bonchev–Trinajstić information content (AvgIpc) is 2.17. The van der Waals surface area contributed by atoms with Crippen LogP contribution in [0, 0.1) is 5.92 Å². The molecule has 1 atom stereocenters. The van der Waals surface area contributed by atoms with Crippen molar-refractivity contribution in [3.05, 3.63) is 0 Å². The fraction of sp³-hybridized carbons (Fsp3) is 0.909. The van der Waals surface area contributed by atoms with E-state index < -0.39 is 11.5 Å². The molecule has 1 fully saturated rings. The first-order valence-electron chi connectivity index (χ1n) is 5.56. The van der Waals surface area contributed by atoms with Gasteiger partial charge in [0.15, 0.2) is 0 Å². The molecule has 15 heavy (non-hydrogen) atoms. The number of carbonyl (C=O) groups is 1. The number of nitrogens with zero attached hydrogens (tertiary/aromatic N) is 2. The molecule has 0 aromatic carbocycles. The highest BCUT2D eigenvalue weighted by atomic mass is 16.4. The van der Waals surface area contributed by atoms with Gasteiger partial charge in [-0.05, 0) is 19.9 Å². The number of rotatable bonds is 3. The number of hydrogen-bond donors (Lipinski definition) is 1. The maximum atomic E-state index is 11.4. The van der Waals surface area contributed by atoms with E-state index >= 15 is 0 Å². The van der Waals surface area contributed by atoms with Crippen molar-refractivity contribution in [2.45, 2.75) is 26.3 Å². The molecule has 1 N–H and O–H groups in total. The highest BCUT2D eigenvalue weighted by Crippen LogP contribution is 2.26. The van der Waals surface area contributed by atoms with Gasteiger partial charge in [0, 0.05) is 26.2 Å². The van der Waals surface area contributed by atoms with Gasteiger partial charge in [-0.3, -0.25) is 9.69 Å². The van der Waals surface area contributed by atoms with E-state index in [0.717, 1.165) is 26.2 Å². The molecular formula is C11H22N2O2. The Balaban J connectivity index is 2.77. The maximum absolute atomic E-state index is 11.4. The molecule has 1 heterocycles. The third kappa shape index (κ3) is 2.32. The quantitative estimate of drug-likeness (QED) is 0.752. The molecule has 4 heteroatoms. The van der Waals surface area contributed by atoms with E-state index in [9.17, 15) is 9.90 Å². The minimum Gasteiger partial charge on any atom is -0.480 e. The lowest BCUT2D eigenvalue weighted by Crippen LogP contribution is -2.61. The molecule has 88 valence electrons. The van der Waals surface area contributed by atoms with E-state index in [1.807, 2.05) is 20.8 Å². The van der Waals surface area contributed by atoms with Gasteiger partial charge < -0.3 is 10.0 Å². The van der Waals surface area contributed by atoms with Crippen molar-refractivity contribution in [1.82, 2.24) is 9.80 Å². The molecule has 1 rings (SSSR count). The van der Waals surface area contributed by atoms with Crippen LogP contribution in [0.4, 0.5) is 0 Å².